The van der Waals surface area contributed by atoms with Gasteiger partial charge in [-0.2, -0.15) is 0 Å². The van der Waals surface area contributed by atoms with E-state index < -0.39 is 0 Å². The largest absolute Gasteiger partial charge is 0.352 e. The fourth-order valence-electron chi connectivity index (χ4n) is 2.18. The molecule has 0 aromatic heterocycles. The van der Waals surface area contributed by atoms with E-state index in [4.69, 9.17) is 11.6 Å². The molecule has 0 aliphatic rings. The number of hydrogen-bond donors (Lipinski definition) is 0. The standard InChI is InChI=1S/C20H18ClNS2/c21-17-11-13-18(14-12-17)22(15-23-19-7-3-1-4-8-19)16-24-20-9-5-2-6-10-20/h1-14H,15-16H2. The Morgan fingerprint density at radius 3 is 1.54 bits per heavy atom. The average Bonchev–Trinajstić information content (AvgIpc) is 2.64. The highest BCUT2D eigenvalue weighted by Gasteiger charge is 2.08. The summed E-state index contributed by atoms with van der Waals surface area (Å²) in [5.74, 6) is 1.79. The number of rotatable bonds is 7. The van der Waals surface area contributed by atoms with Gasteiger partial charge in [0.15, 0.2) is 0 Å². The van der Waals surface area contributed by atoms with Crippen molar-refractivity contribution in [3.8, 4) is 0 Å². The number of halogens is 1. The molecule has 0 saturated heterocycles. The summed E-state index contributed by atoms with van der Waals surface area (Å²) in [5.41, 5.74) is 1.19. The number of nitrogens with zero attached hydrogens (tertiary/aromatic N) is 1. The molecule has 0 amide bonds. The molecule has 3 aromatic carbocycles. The molecule has 24 heavy (non-hydrogen) atoms. The zero-order chi connectivity index (χ0) is 16.6. The van der Waals surface area contributed by atoms with Crippen LogP contribution in [0.25, 0.3) is 0 Å². The van der Waals surface area contributed by atoms with Crippen LogP contribution in [0.1, 0.15) is 0 Å². The summed E-state index contributed by atoms with van der Waals surface area (Å²) in [5, 5.41) is 0.769. The van der Waals surface area contributed by atoms with Gasteiger partial charge >= 0.3 is 0 Å². The quantitative estimate of drug-likeness (QED) is 0.338. The van der Waals surface area contributed by atoms with Gasteiger partial charge in [-0.15, -0.1) is 23.5 Å². The molecule has 3 rings (SSSR count). The first kappa shape index (κ1) is 17.3. The molecule has 0 aliphatic carbocycles. The normalized spacial score (nSPS) is 10.5. The van der Waals surface area contributed by atoms with Gasteiger partial charge in [0.2, 0.25) is 0 Å². The van der Waals surface area contributed by atoms with Crippen molar-refractivity contribution in [2.45, 2.75) is 9.79 Å². The average molecular weight is 372 g/mol. The molecule has 0 saturated carbocycles. The van der Waals surface area contributed by atoms with Gasteiger partial charge in [0.25, 0.3) is 0 Å². The van der Waals surface area contributed by atoms with Crippen LogP contribution in [0.15, 0.2) is 94.7 Å². The second kappa shape index (κ2) is 9.07. The zero-order valence-corrected chi connectivity index (χ0v) is 15.5. The molecule has 0 bridgehead atoms. The third-order valence-corrected chi connectivity index (χ3v) is 5.80. The number of hydrogen-bond acceptors (Lipinski definition) is 3. The second-order valence-electron chi connectivity index (χ2n) is 5.19. The van der Waals surface area contributed by atoms with Gasteiger partial charge in [-0.1, -0.05) is 48.0 Å². The second-order valence-corrected chi connectivity index (χ2v) is 7.66. The summed E-state index contributed by atoms with van der Waals surface area (Å²) in [6, 6.07) is 29.1. The van der Waals surface area contributed by atoms with Crippen LogP contribution in [-0.4, -0.2) is 11.8 Å². The molecule has 0 heterocycles. The topological polar surface area (TPSA) is 3.24 Å². The minimum absolute atomic E-state index is 0.769. The lowest BCUT2D eigenvalue weighted by molar-refractivity contribution is 1.06. The van der Waals surface area contributed by atoms with Crippen LogP contribution in [0, 0.1) is 0 Å². The Hall–Kier alpha value is -1.55. The molecule has 0 unspecified atom stereocenters. The van der Waals surface area contributed by atoms with E-state index in [-0.39, 0.29) is 0 Å². The molecule has 4 heteroatoms. The van der Waals surface area contributed by atoms with Gasteiger partial charge in [0.05, 0.1) is 11.8 Å². The van der Waals surface area contributed by atoms with Crippen LogP contribution < -0.4 is 4.90 Å². The molecule has 0 atom stereocenters. The number of thioether (sulfide) groups is 2. The molecule has 3 aromatic rings. The van der Waals surface area contributed by atoms with Gasteiger partial charge < -0.3 is 4.90 Å². The predicted octanol–water partition coefficient (Wildman–Crippen LogP) is 6.65. The van der Waals surface area contributed by atoms with Crippen molar-refractivity contribution in [1.82, 2.24) is 0 Å². The summed E-state index contributed by atoms with van der Waals surface area (Å²) >= 11 is 9.72. The van der Waals surface area contributed by atoms with E-state index in [1.165, 1.54) is 15.5 Å². The van der Waals surface area contributed by atoms with Gasteiger partial charge in [-0.05, 0) is 48.5 Å². The van der Waals surface area contributed by atoms with E-state index in [0.717, 1.165) is 16.8 Å². The van der Waals surface area contributed by atoms with Gasteiger partial charge in [0.1, 0.15) is 0 Å². The maximum Gasteiger partial charge on any atom is 0.0694 e. The lowest BCUT2D eigenvalue weighted by Crippen LogP contribution is -2.21. The molecular formula is C20H18ClNS2. The third kappa shape index (κ3) is 5.23. The van der Waals surface area contributed by atoms with E-state index in [1.54, 1.807) is 0 Å². The Balaban J connectivity index is 1.69. The highest BCUT2D eigenvalue weighted by Crippen LogP contribution is 2.27. The smallest absolute Gasteiger partial charge is 0.0694 e. The van der Waals surface area contributed by atoms with Crippen molar-refractivity contribution in [2.75, 3.05) is 16.7 Å². The Morgan fingerprint density at radius 1 is 0.625 bits per heavy atom. The van der Waals surface area contributed by atoms with Crippen molar-refractivity contribution in [1.29, 1.82) is 0 Å². The maximum absolute atomic E-state index is 6.03. The summed E-state index contributed by atoms with van der Waals surface area (Å²) in [4.78, 5) is 4.92. The fourth-order valence-corrected chi connectivity index (χ4v) is 4.21. The van der Waals surface area contributed by atoms with Crippen molar-refractivity contribution < 1.29 is 0 Å². The van der Waals surface area contributed by atoms with Crippen LogP contribution in [0.2, 0.25) is 5.02 Å². The summed E-state index contributed by atoms with van der Waals surface area (Å²) in [7, 11) is 0. The van der Waals surface area contributed by atoms with Crippen molar-refractivity contribution in [3.05, 3.63) is 90.0 Å². The molecule has 0 fully saturated rings. The number of benzene rings is 3. The van der Waals surface area contributed by atoms with Gasteiger partial charge in [-0.3, -0.25) is 0 Å². The fraction of sp³-hybridized carbons (Fsp3) is 0.100. The summed E-state index contributed by atoms with van der Waals surface area (Å²) < 4.78 is 0. The van der Waals surface area contributed by atoms with Gasteiger partial charge in [0, 0.05) is 20.5 Å². The van der Waals surface area contributed by atoms with Crippen molar-refractivity contribution in [3.63, 3.8) is 0 Å². The predicted molar refractivity (Wildman–Crippen MR) is 108 cm³/mol. The molecule has 122 valence electrons. The van der Waals surface area contributed by atoms with Crippen LogP contribution in [0.4, 0.5) is 5.69 Å². The van der Waals surface area contributed by atoms with Gasteiger partial charge in [-0.25, -0.2) is 0 Å². The van der Waals surface area contributed by atoms with Crippen LogP contribution >= 0.6 is 35.1 Å². The molecule has 0 spiro atoms. The first-order chi connectivity index (χ1) is 11.8. The van der Waals surface area contributed by atoms with Crippen LogP contribution in [0.5, 0.6) is 0 Å². The Kier molecular flexibility index (Phi) is 6.53. The minimum Gasteiger partial charge on any atom is -0.352 e. The first-order valence-corrected chi connectivity index (χ1v) is 10.0. The highest BCUT2D eigenvalue weighted by atomic mass is 35.5. The molecular weight excluding hydrogens is 354 g/mol. The third-order valence-electron chi connectivity index (χ3n) is 3.45. The van der Waals surface area contributed by atoms with E-state index in [9.17, 15) is 0 Å². The lowest BCUT2D eigenvalue weighted by Gasteiger charge is -2.24. The van der Waals surface area contributed by atoms with E-state index >= 15 is 0 Å². The minimum atomic E-state index is 0.769. The molecule has 0 N–H and O–H groups in total. The Labute approximate surface area is 157 Å². The maximum atomic E-state index is 6.03. The molecule has 0 radical (unpaired) electrons. The van der Waals surface area contributed by atoms with Crippen LogP contribution in [-0.2, 0) is 0 Å². The van der Waals surface area contributed by atoms with E-state index in [2.05, 4.69) is 65.6 Å². The molecule has 0 aliphatic heterocycles. The van der Waals surface area contributed by atoms with E-state index in [1.807, 2.05) is 47.8 Å². The summed E-state index contributed by atoms with van der Waals surface area (Å²) in [6.45, 7) is 0. The Bertz CT molecular complexity index is 689. The van der Waals surface area contributed by atoms with Crippen molar-refractivity contribution in [2.24, 2.45) is 0 Å². The monoisotopic (exact) mass is 371 g/mol. The van der Waals surface area contributed by atoms with Crippen LogP contribution in [0.3, 0.4) is 0 Å². The first-order valence-electron chi connectivity index (χ1n) is 7.67. The Morgan fingerprint density at radius 2 is 1.08 bits per heavy atom. The van der Waals surface area contributed by atoms with Crippen molar-refractivity contribution >= 4 is 40.8 Å². The lowest BCUT2D eigenvalue weighted by atomic mass is 10.3. The summed E-state index contributed by atoms with van der Waals surface area (Å²) in [6.07, 6.45) is 0. The zero-order valence-electron chi connectivity index (χ0n) is 13.1. The van der Waals surface area contributed by atoms with E-state index in [0.29, 0.717) is 0 Å². The molecule has 1 nitrogen and oxygen atoms in total. The number of anilines is 1. The SMILES string of the molecule is Clc1ccc(N(CSc2ccccc2)CSc2ccccc2)cc1. The highest BCUT2D eigenvalue weighted by molar-refractivity contribution is 8.00.